The lowest BCUT2D eigenvalue weighted by molar-refractivity contribution is -0.0798. The second-order valence-corrected chi connectivity index (χ2v) is 6.23. The van der Waals surface area contributed by atoms with Crippen LogP contribution in [0.5, 0.6) is 0 Å². The van der Waals surface area contributed by atoms with E-state index < -0.39 is 0 Å². The molecule has 1 saturated heterocycles. The second-order valence-electron chi connectivity index (χ2n) is 6.23. The molecule has 0 saturated carbocycles. The van der Waals surface area contributed by atoms with Gasteiger partial charge >= 0.3 is 0 Å². The number of aliphatic hydroxyl groups is 1. The topological polar surface area (TPSA) is 29.5 Å². The van der Waals surface area contributed by atoms with E-state index in [1.165, 1.54) is 11.1 Å². The zero-order chi connectivity index (χ0) is 14.3. The Morgan fingerprint density at radius 2 is 2.00 bits per heavy atom. The summed E-state index contributed by atoms with van der Waals surface area (Å²) >= 11 is 0. The van der Waals surface area contributed by atoms with Gasteiger partial charge in [-0.25, -0.2) is 0 Å². The van der Waals surface area contributed by atoms with Crippen LogP contribution in [0, 0.1) is 0 Å². The van der Waals surface area contributed by atoms with Gasteiger partial charge in [-0.05, 0) is 66.2 Å². The molecule has 0 aromatic rings. The van der Waals surface area contributed by atoms with Crippen LogP contribution in [0.4, 0.5) is 0 Å². The molecule has 2 nitrogen and oxygen atoms in total. The molecule has 0 bridgehead atoms. The first kappa shape index (κ1) is 16.5. The van der Waals surface area contributed by atoms with E-state index in [-0.39, 0.29) is 11.7 Å². The number of rotatable bonds is 7. The van der Waals surface area contributed by atoms with Crippen LogP contribution in [0.15, 0.2) is 23.3 Å². The summed E-state index contributed by atoms with van der Waals surface area (Å²) in [5.41, 5.74) is 2.50. The molecule has 0 unspecified atom stereocenters. The predicted octanol–water partition coefficient (Wildman–Crippen LogP) is 4.39. The highest BCUT2D eigenvalue weighted by atomic mass is 16.5. The monoisotopic (exact) mass is 266 g/mol. The summed E-state index contributed by atoms with van der Waals surface area (Å²) in [5.74, 6) is 0. The molecule has 2 atom stereocenters. The van der Waals surface area contributed by atoms with Crippen molar-refractivity contribution in [3.05, 3.63) is 23.3 Å². The summed E-state index contributed by atoms with van der Waals surface area (Å²) < 4.78 is 5.67. The van der Waals surface area contributed by atoms with Crippen molar-refractivity contribution >= 4 is 0 Å². The Hall–Kier alpha value is -0.600. The Labute approximate surface area is 118 Å². The number of aliphatic hydroxyl groups excluding tert-OH is 1. The summed E-state index contributed by atoms with van der Waals surface area (Å²) in [5, 5.41) is 10.2. The van der Waals surface area contributed by atoms with Crippen molar-refractivity contribution in [3.63, 3.8) is 0 Å². The summed E-state index contributed by atoms with van der Waals surface area (Å²) in [6, 6.07) is 0. The van der Waals surface area contributed by atoms with E-state index in [0.29, 0.717) is 0 Å². The summed E-state index contributed by atoms with van der Waals surface area (Å²) in [6.07, 6.45) is 10.2. The van der Waals surface area contributed by atoms with Gasteiger partial charge in [-0.15, -0.1) is 0 Å². The molecule has 1 aliphatic heterocycles. The van der Waals surface area contributed by atoms with Crippen LogP contribution in [0.3, 0.4) is 0 Å². The zero-order valence-corrected chi connectivity index (χ0v) is 13.0. The predicted molar refractivity (Wildman–Crippen MR) is 81.3 cm³/mol. The maximum absolute atomic E-state index is 10.2. The fourth-order valence-electron chi connectivity index (χ4n) is 2.55. The third kappa shape index (κ3) is 5.92. The molecule has 0 aromatic heterocycles. The Bertz CT molecular complexity index is 318. The standard InChI is InChI=1S/C17H30O2/c1-14(2)8-5-9-15(3)10-6-11-16(18)17(4)12-7-13-19-17/h8,10,16,18H,5-7,9,11-13H2,1-4H3/b15-10+/t16-,17+/m1/s1. The highest BCUT2D eigenvalue weighted by Crippen LogP contribution is 2.30. The summed E-state index contributed by atoms with van der Waals surface area (Å²) in [7, 11) is 0. The highest BCUT2D eigenvalue weighted by Gasteiger charge is 2.36. The molecule has 0 radical (unpaired) electrons. The van der Waals surface area contributed by atoms with E-state index in [4.69, 9.17) is 4.74 Å². The van der Waals surface area contributed by atoms with Crippen LogP contribution in [0.2, 0.25) is 0 Å². The molecule has 1 rings (SSSR count). The molecule has 1 N–H and O–H groups in total. The Morgan fingerprint density at radius 1 is 1.26 bits per heavy atom. The lowest BCUT2D eigenvalue weighted by Gasteiger charge is -2.29. The zero-order valence-electron chi connectivity index (χ0n) is 13.0. The SMILES string of the molecule is CC(C)=CCC/C(C)=C/CC[C@@H](O)[C@]1(C)CCCO1. The van der Waals surface area contributed by atoms with Crippen LogP contribution < -0.4 is 0 Å². The van der Waals surface area contributed by atoms with Gasteiger partial charge in [-0.1, -0.05) is 23.3 Å². The first-order valence-electron chi connectivity index (χ1n) is 7.55. The van der Waals surface area contributed by atoms with E-state index >= 15 is 0 Å². The maximum Gasteiger partial charge on any atom is 0.0913 e. The van der Waals surface area contributed by atoms with Gasteiger partial charge in [-0.2, -0.15) is 0 Å². The van der Waals surface area contributed by atoms with E-state index in [1.54, 1.807) is 0 Å². The van der Waals surface area contributed by atoms with E-state index in [0.717, 1.165) is 45.1 Å². The average Bonchev–Trinajstić information content (AvgIpc) is 2.77. The molecule has 2 heteroatoms. The van der Waals surface area contributed by atoms with Gasteiger partial charge in [-0.3, -0.25) is 0 Å². The van der Waals surface area contributed by atoms with Gasteiger partial charge in [0.1, 0.15) is 0 Å². The first-order valence-corrected chi connectivity index (χ1v) is 7.55. The van der Waals surface area contributed by atoms with Crippen LogP contribution in [0.1, 0.15) is 66.2 Å². The normalized spacial score (nSPS) is 25.4. The van der Waals surface area contributed by atoms with E-state index in [9.17, 15) is 5.11 Å². The molecule has 1 aliphatic rings. The molecule has 110 valence electrons. The molecule has 0 aromatic carbocycles. The van der Waals surface area contributed by atoms with Crippen molar-refractivity contribution in [2.45, 2.75) is 77.9 Å². The quantitative estimate of drug-likeness (QED) is 0.692. The molecule has 19 heavy (non-hydrogen) atoms. The van der Waals surface area contributed by atoms with Crippen molar-refractivity contribution in [1.29, 1.82) is 0 Å². The minimum Gasteiger partial charge on any atom is -0.390 e. The third-order valence-electron chi connectivity index (χ3n) is 3.98. The van der Waals surface area contributed by atoms with Crippen molar-refractivity contribution < 1.29 is 9.84 Å². The van der Waals surface area contributed by atoms with E-state index in [2.05, 4.69) is 32.9 Å². The fourth-order valence-corrected chi connectivity index (χ4v) is 2.55. The number of hydrogen-bond donors (Lipinski definition) is 1. The Morgan fingerprint density at radius 3 is 2.58 bits per heavy atom. The Kier molecular flexibility index (Phi) is 6.81. The second kappa shape index (κ2) is 7.86. The van der Waals surface area contributed by atoms with Crippen molar-refractivity contribution in [2.75, 3.05) is 6.61 Å². The van der Waals surface area contributed by atoms with Gasteiger partial charge in [0.15, 0.2) is 0 Å². The molecule has 0 spiro atoms. The van der Waals surface area contributed by atoms with Crippen molar-refractivity contribution in [2.24, 2.45) is 0 Å². The maximum atomic E-state index is 10.2. The number of ether oxygens (including phenoxy) is 1. The number of allylic oxidation sites excluding steroid dienone is 4. The largest absolute Gasteiger partial charge is 0.390 e. The molecule has 1 heterocycles. The van der Waals surface area contributed by atoms with Crippen LogP contribution in [-0.2, 0) is 4.74 Å². The van der Waals surface area contributed by atoms with Crippen molar-refractivity contribution in [3.8, 4) is 0 Å². The molecular formula is C17H30O2. The minimum atomic E-state index is -0.336. The molecule has 1 fully saturated rings. The average molecular weight is 266 g/mol. The minimum absolute atomic E-state index is 0.302. The molecular weight excluding hydrogens is 236 g/mol. The third-order valence-corrected chi connectivity index (χ3v) is 3.98. The van der Waals surface area contributed by atoms with Gasteiger partial charge in [0, 0.05) is 6.61 Å². The van der Waals surface area contributed by atoms with Gasteiger partial charge < -0.3 is 9.84 Å². The van der Waals surface area contributed by atoms with Crippen LogP contribution in [-0.4, -0.2) is 23.4 Å². The first-order chi connectivity index (χ1) is 8.94. The lowest BCUT2D eigenvalue weighted by atomic mass is 9.92. The van der Waals surface area contributed by atoms with Crippen molar-refractivity contribution in [1.82, 2.24) is 0 Å². The Balaban J connectivity index is 2.26. The molecule has 0 aliphatic carbocycles. The highest BCUT2D eigenvalue weighted by molar-refractivity contribution is 5.02. The van der Waals surface area contributed by atoms with Crippen LogP contribution >= 0.6 is 0 Å². The van der Waals surface area contributed by atoms with Gasteiger partial charge in [0.2, 0.25) is 0 Å². The summed E-state index contributed by atoms with van der Waals surface area (Å²) in [6.45, 7) is 9.29. The summed E-state index contributed by atoms with van der Waals surface area (Å²) in [4.78, 5) is 0. The smallest absolute Gasteiger partial charge is 0.0913 e. The van der Waals surface area contributed by atoms with E-state index in [1.807, 2.05) is 6.92 Å². The number of hydrogen-bond acceptors (Lipinski definition) is 2. The van der Waals surface area contributed by atoms with Gasteiger partial charge in [0.25, 0.3) is 0 Å². The van der Waals surface area contributed by atoms with Gasteiger partial charge in [0.05, 0.1) is 11.7 Å². The molecule has 0 amide bonds. The fraction of sp³-hybridized carbons (Fsp3) is 0.765. The van der Waals surface area contributed by atoms with Crippen LogP contribution in [0.25, 0.3) is 0 Å². The lowest BCUT2D eigenvalue weighted by Crippen LogP contribution is -2.38.